The van der Waals surface area contributed by atoms with Gasteiger partial charge in [-0.05, 0) is 25.7 Å². The highest BCUT2D eigenvalue weighted by Gasteiger charge is 2.53. The molecule has 3 heterocycles. The van der Waals surface area contributed by atoms with Gasteiger partial charge in [-0.25, -0.2) is 0 Å². The Labute approximate surface area is 333 Å². The highest BCUT2D eigenvalue weighted by atomic mass is 16.8. The second kappa shape index (κ2) is 25.8. The molecule has 3 saturated heterocycles. The minimum atomic E-state index is -1.97. The van der Waals surface area contributed by atoms with Gasteiger partial charge in [-0.2, -0.15) is 0 Å². The van der Waals surface area contributed by atoms with Crippen LogP contribution in [0.4, 0.5) is 0 Å². The number of ether oxygens (including phenoxy) is 6. The molecular formula is C38H67NO18. The minimum Gasteiger partial charge on any atom is -0.394 e. The van der Waals surface area contributed by atoms with E-state index in [1.165, 1.54) is 38.2 Å². The first-order valence-corrected chi connectivity index (χ1v) is 20.1. The standard InChI is InChI=1S/C38H67NO18/c1-3-5-6-7-8-9-10-11-12-13-14-15-16-22(43)21(39-26(44)4-2)20-52-36-32(50)29(47)34(24(18-41)54-36)57-38-33(51)30(48)35(25(19-42)55-38)56-37-31(49)28(46)27(45)23(17-40)53-37/h11-12,15-16,21-25,27-38,40-43,45-51H,3-10,13-14,17-20H2,1-2H3,(H,39,44)/b12-11+,16-15+. The predicted octanol–water partition coefficient (Wildman–Crippen LogP) is -2.65. The van der Waals surface area contributed by atoms with Crippen LogP contribution in [0, 0.1) is 0 Å². The molecule has 0 aromatic heterocycles. The maximum absolute atomic E-state index is 12.3. The van der Waals surface area contributed by atoms with Gasteiger partial charge in [0.2, 0.25) is 5.91 Å². The first kappa shape index (κ1) is 49.6. The minimum absolute atomic E-state index is 0.116. The second-order valence-electron chi connectivity index (χ2n) is 14.7. The molecule has 17 atom stereocenters. The van der Waals surface area contributed by atoms with Gasteiger partial charge in [0, 0.05) is 6.42 Å². The SMILES string of the molecule is CCCCCCCC/C=C/CC/C=C/C(O)C(COC1OC(CO)C(OC2OC(CO)C(OC3OC(CO)C(O)C(O)C3O)C(O)C2O)C(O)C1O)NC(=O)CC. The molecule has 19 nitrogen and oxygen atoms in total. The van der Waals surface area contributed by atoms with E-state index in [0.717, 1.165) is 19.3 Å². The number of rotatable bonds is 24. The molecule has 17 unspecified atom stereocenters. The number of hydrogen-bond donors (Lipinski definition) is 12. The molecule has 0 aromatic carbocycles. The van der Waals surface area contributed by atoms with Crippen LogP contribution < -0.4 is 5.32 Å². The zero-order valence-corrected chi connectivity index (χ0v) is 32.8. The molecule has 1 amide bonds. The molecule has 3 aliphatic rings. The van der Waals surface area contributed by atoms with Crippen molar-refractivity contribution in [1.29, 1.82) is 0 Å². The summed E-state index contributed by atoms with van der Waals surface area (Å²) in [6.07, 6.45) is -9.29. The Morgan fingerprint density at radius 3 is 1.68 bits per heavy atom. The van der Waals surface area contributed by atoms with Gasteiger partial charge < -0.3 is 89.9 Å². The molecule has 0 spiro atoms. The monoisotopic (exact) mass is 825 g/mol. The summed E-state index contributed by atoms with van der Waals surface area (Å²) >= 11 is 0. The molecule has 0 radical (unpaired) electrons. The van der Waals surface area contributed by atoms with Crippen molar-refractivity contribution in [1.82, 2.24) is 5.32 Å². The number of hydrogen-bond acceptors (Lipinski definition) is 18. The Morgan fingerprint density at radius 2 is 1.11 bits per heavy atom. The summed E-state index contributed by atoms with van der Waals surface area (Å²) in [7, 11) is 0. The lowest BCUT2D eigenvalue weighted by molar-refractivity contribution is -0.379. The number of aliphatic hydroxyl groups is 11. The van der Waals surface area contributed by atoms with Crippen molar-refractivity contribution in [2.45, 2.75) is 182 Å². The third kappa shape index (κ3) is 14.5. The van der Waals surface area contributed by atoms with Gasteiger partial charge in [0.1, 0.15) is 73.2 Å². The van der Waals surface area contributed by atoms with E-state index in [9.17, 15) is 61.0 Å². The van der Waals surface area contributed by atoms with Gasteiger partial charge in [-0.1, -0.05) is 70.3 Å². The Morgan fingerprint density at radius 1 is 0.614 bits per heavy atom. The molecule has 19 heteroatoms. The Hall–Kier alpha value is -1.73. The van der Waals surface area contributed by atoms with Crippen LogP contribution in [-0.2, 0) is 33.2 Å². The van der Waals surface area contributed by atoms with Crippen LogP contribution in [0.1, 0.15) is 78.1 Å². The highest BCUT2D eigenvalue weighted by molar-refractivity contribution is 5.75. The topological polar surface area (TPSA) is 307 Å². The van der Waals surface area contributed by atoms with E-state index in [2.05, 4.69) is 24.4 Å². The van der Waals surface area contributed by atoms with Gasteiger partial charge in [-0.3, -0.25) is 4.79 Å². The van der Waals surface area contributed by atoms with Crippen molar-refractivity contribution in [2.75, 3.05) is 26.4 Å². The van der Waals surface area contributed by atoms with Crippen LogP contribution in [0.2, 0.25) is 0 Å². The summed E-state index contributed by atoms with van der Waals surface area (Å²) in [6, 6.07) is -0.979. The van der Waals surface area contributed by atoms with E-state index in [-0.39, 0.29) is 18.9 Å². The lowest BCUT2D eigenvalue weighted by atomic mass is 9.96. The number of amides is 1. The first-order valence-electron chi connectivity index (χ1n) is 20.1. The Bertz CT molecular complexity index is 1180. The number of aliphatic hydroxyl groups excluding tert-OH is 11. The lowest BCUT2D eigenvalue weighted by Gasteiger charge is -2.48. The maximum atomic E-state index is 12.3. The van der Waals surface area contributed by atoms with Crippen LogP contribution >= 0.6 is 0 Å². The average Bonchev–Trinajstić information content (AvgIpc) is 3.21. The third-order valence-corrected chi connectivity index (χ3v) is 10.3. The van der Waals surface area contributed by atoms with Crippen LogP contribution in [0.25, 0.3) is 0 Å². The van der Waals surface area contributed by atoms with E-state index in [1.54, 1.807) is 13.0 Å². The molecule has 3 aliphatic heterocycles. The molecule has 0 saturated carbocycles. The zero-order chi connectivity index (χ0) is 42.1. The van der Waals surface area contributed by atoms with E-state index >= 15 is 0 Å². The van der Waals surface area contributed by atoms with Crippen LogP contribution in [0.3, 0.4) is 0 Å². The quantitative estimate of drug-likeness (QED) is 0.0349. The molecule has 332 valence electrons. The Kier molecular flexibility index (Phi) is 22.5. The fraction of sp³-hybridized carbons (Fsp3) is 0.868. The van der Waals surface area contributed by atoms with Gasteiger partial charge >= 0.3 is 0 Å². The molecule has 0 bridgehead atoms. The summed E-state index contributed by atoms with van der Waals surface area (Å²) < 4.78 is 33.5. The fourth-order valence-electron chi connectivity index (χ4n) is 6.75. The molecule has 0 aliphatic carbocycles. The van der Waals surface area contributed by atoms with Gasteiger partial charge in [0.25, 0.3) is 0 Å². The van der Waals surface area contributed by atoms with Crippen LogP contribution in [-0.4, -0.2) is 193 Å². The van der Waals surface area contributed by atoms with E-state index < -0.39 is 124 Å². The van der Waals surface area contributed by atoms with Crippen molar-refractivity contribution in [2.24, 2.45) is 0 Å². The predicted molar refractivity (Wildman–Crippen MR) is 199 cm³/mol. The van der Waals surface area contributed by atoms with E-state index in [1.807, 2.05) is 0 Å². The van der Waals surface area contributed by atoms with Crippen molar-refractivity contribution >= 4 is 5.91 Å². The molecule has 3 rings (SSSR count). The average molecular weight is 826 g/mol. The third-order valence-electron chi connectivity index (χ3n) is 10.3. The second-order valence-corrected chi connectivity index (χ2v) is 14.7. The summed E-state index contributed by atoms with van der Waals surface area (Å²) in [6.45, 7) is 1.02. The molecular weight excluding hydrogens is 758 g/mol. The van der Waals surface area contributed by atoms with Crippen molar-refractivity contribution < 1.29 is 89.4 Å². The molecule has 3 fully saturated rings. The van der Waals surface area contributed by atoms with Crippen LogP contribution in [0.15, 0.2) is 24.3 Å². The number of carbonyl (C=O) groups is 1. The van der Waals surface area contributed by atoms with Crippen molar-refractivity contribution in [3.63, 3.8) is 0 Å². The van der Waals surface area contributed by atoms with Crippen LogP contribution in [0.5, 0.6) is 0 Å². The number of carbonyl (C=O) groups excluding carboxylic acids is 1. The summed E-state index contributed by atoms with van der Waals surface area (Å²) in [5.74, 6) is -0.379. The molecule has 0 aromatic rings. The highest BCUT2D eigenvalue weighted by Crippen LogP contribution is 2.32. The smallest absolute Gasteiger partial charge is 0.220 e. The molecule has 12 N–H and O–H groups in total. The zero-order valence-electron chi connectivity index (χ0n) is 32.8. The number of nitrogens with one attached hydrogen (secondary N) is 1. The van der Waals surface area contributed by atoms with Crippen molar-refractivity contribution in [3.8, 4) is 0 Å². The fourth-order valence-corrected chi connectivity index (χ4v) is 6.75. The van der Waals surface area contributed by atoms with Gasteiger partial charge in [-0.15, -0.1) is 0 Å². The summed E-state index contributed by atoms with van der Waals surface area (Å²) in [4.78, 5) is 12.3. The van der Waals surface area contributed by atoms with Crippen molar-refractivity contribution in [3.05, 3.63) is 24.3 Å². The molecule has 57 heavy (non-hydrogen) atoms. The first-order chi connectivity index (χ1) is 27.3. The lowest BCUT2D eigenvalue weighted by Crippen LogP contribution is -2.66. The summed E-state index contributed by atoms with van der Waals surface area (Å²) in [5, 5.41) is 118. The van der Waals surface area contributed by atoms with Gasteiger partial charge in [0.15, 0.2) is 18.9 Å². The van der Waals surface area contributed by atoms with Gasteiger partial charge in [0.05, 0.1) is 38.6 Å². The largest absolute Gasteiger partial charge is 0.394 e. The number of allylic oxidation sites excluding steroid dienone is 3. The normalized spacial score (nSPS) is 37.5. The van der Waals surface area contributed by atoms with E-state index in [4.69, 9.17) is 28.4 Å². The summed E-state index contributed by atoms with van der Waals surface area (Å²) in [5.41, 5.74) is 0. The Balaban J connectivity index is 1.57. The maximum Gasteiger partial charge on any atom is 0.220 e. The van der Waals surface area contributed by atoms with E-state index in [0.29, 0.717) is 6.42 Å². The number of unbranched alkanes of at least 4 members (excludes halogenated alkanes) is 7.